The monoisotopic (exact) mass is 316 g/mol. The molecule has 1 aliphatic heterocycles. The van der Waals surface area contributed by atoms with Gasteiger partial charge in [0.05, 0.1) is 5.92 Å². The summed E-state index contributed by atoms with van der Waals surface area (Å²) in [7, 11) is 0. The van der Waals surface area contributed by atoms with Crippen LogP contribution in [0.1, 0.15) is 37.7 Å². The number of piperidine rings is 1. The molecule has 1 aromatic carbocycles. The first-order valence-corrected chi connectivity index (χ1v) is 8.30. The number of nitrogens with zero attached hydrogens (tertiary/aromatic N) is 1. The molecule has 1 saturated heterocycles. The van der Waals surface area contributed by atoms with E-state index in [1.165, 1.54) is 5.56 Å². The quantitative estimate of drug-likeness (QED) is 0.897. The Bertz CT molecular complexity index is 581. The van der Waals surface area contributed by atoms with Gasteiger partial charge in [-0.1, -0.05) is 37.3 Å². The third-order valence-electron chi connectivity index (χ3n) is 5.33. The summed E-state index contributed by atoms with van der Waals surface area (Å²) in [6.45, 7) is 3.94. The van der Waals surface area contributed by atoms with Gasteiger partial charge in [0.2, 0.25) is 0 Å². The molecule has 0 radical (unpaired) electrons. The van der Waals surface area contributed by atoms with Gasteiger partial charge in [-0.05, 0) is 36.2 Å². The molecule has 0 bridgehead atoms. The molecule has 124 valence electrons. The van der Waals surface area contributed by atoms with Gasteiger partial charge in [-0.3, -0.25) is 4.79 Å². The molecule has 5 nitrogen and oxygen atoms in total. The van der Waals surface area contributed by atoms with Crippen LogP contribution in [0.3, 0.4) is 0 Å². The van der Waals surface area contributed by atoms with Gasteiger partial charge in [0, 0.05) is 19.6 Å². The Kier molecular flexibility index (Phi) is 4.28. The fourth-order valence-corrected chi connectivity index (χ4v) is 3.53. The highest BCUT2D eigenvalue weighted by Gasteiger charge is 2.50. The Labute approximate surface area is 136 Å². The van der Waals surface area contributed by atoms with Crippen LogP contribution < -0.4 is 5.32 Å². The van der Waals surface area contributed by atoms with Crippen molar-refractivity contribution in [2.24, 2.45) is 11.3 Å². The van der Waals surface area contributed by atoms with Crippen molar-refractivity contribution in [3.8, 4) is 0 Å². The molecule has 23 heavy (non-hydrogen) atoms. The maximum Gasteiger partial charge on any atom is 0.317 e. The lowest BCUT2D eigenvalue weighted by atomic mass is 9.97. The first-order valence-electron chi connectivity index (χ1n) is 8.30. The van der Waals surface area contributed by atoms with E-state index in [0.29, 0.717) is 38.4 Å². The second-order valence-corrected chi connectivity index (χ2v) is 7.08. The second-order valence-electron chi connectivity index (χ2n) is 7.08. The minimum atomic E-state index is -0.749. The number of benzene rings is 1. The SMILES string of the molecule is C[C@@]1(CNC(=O)N2CCC(C(=O)O)CC2)C[C@H]1c1ccccc1. The molecule has 2 aliphatic rings. The van der Waals surface area contributed by atoms with Crippen molar-refractivity contribution in [3.05, 3.63) is 35.9 Å². The molecule has 5 heteroatoms. The van der Waals surface area contributed by atoms with Gasteiger partial charge in [-0.15, -0.1) is 0 Å². The van der Waals surface area contributed by atoms with Gasteiger partial charge in [-0.25, -0.2) is 4.79 Å². The number of aliphatic carboxylic acids is 1. The van der Waals surface area contributed by atoms with E-state index in [4.69, 9.17) is 5.11 Å². The van der Waals surface area contributed by atoms with Gasteiger partial charge in [0.1, 0.15) is 0 Å². The van der Waals surface area contributed by atoms with Crippen molar-refractivity contribution >= 4 is 12.0 Å². The van der Waals surface area contributed by atoms with Crippen molar-refractivity contribution < 1.29 is 14.7 Å². The second kappa shape index (κ2) is 6.22. The van der Waals surface area contributed by atoms with Gasteiger partial charge in [0.25, 0.3) is 0 Å². The summed E-state index contributed by atoms with van der Waals surface area (Å²) < 4.78 is 0. The van der Waals surface area contributed by atoms with E-state index in [1.807, 2.05) is 6.07 Å². The van der Waals surface area contributed by atoms with E-state index in [0.717, 1.165) is 6.42 Å². The molecular weight excluding hydrogens is 292 g/mol. The molecule has 2 atom stereocenters. The first-order chi connectivity index (χ1) is 11.0. The van der Waals surface area contributed by atoms with Crippen LogP contribution in [0.2, 0.25) is 0 Å². The zero-order valence-corrected chi connectivity index (χ0v) is 13.5. The summed E-state index contributed by atoms with van der Waals surface area (Å²) >= 11 is 0. The summed E-state index contributed by atoms with van der Waals surface area (Å²) in [4.78, 5) is 24.9. The lowest BCUT2D eigenvalue weighted by Gasteiger charge is -2.30. The predicted octanol–water partition coefficient (Wildman–Crippen LogP) is 2.69. The number of likely N-dealkylation sites (tertiary alicyclic amines) is 1. The highest BCUT2D eigenvalue weighted by atomic mass is 16.4. The van der Waals surface area contributed by atoms with Crippen LogP contribution >= 0.6 is 0 Å². The molecule has 1 saturated carbocycles. The van der Waals surface area contributed by atoms with Crippen LogP contribution in [0.5, 0.6) is 0 Å². The van der Waals surface area contributed by atoms with E-state index in [9.17, 15) is 9.59 Å². The lowest BCUT2D eigenvalue weighted by Crippen LogP contribution is -2.46. The van der Waals surface area contributed by atoms with Gasteiger partial charge < -0.3 is 15.3 Å². The van der Waals surface area contributed by atoms with Gasteiger partial charge in [0.15, 0.2) is 0 Å². The summed E-state index contributed by atoms with van der Waals surface area (Å²) in [6, 6.07) is 10.4. The van der Waals surface area contributed by atoms with Crippen molar-refractivity contribution in [1.82, 2.24) is 10.2 Å². The van der Waals surface area contributed by atoms with E-state index in [-0.39, 0.29) is 17.4 Å². The van der Waals surface area contributed by atoms with Crippen LogP contribution in [0.25, 0.3) is 0 Å². The molecule has 3 rings (SSSR count). The van der Waals surface area contributed by atoms with E-state index < -0.39 is 5.97 Å². The maximum atomic E-state index is 12.3. The number of carboxylic acids is 1. The average molecular weight is 316 g/mol. The van der Waals surface area contributed by atoms with Crippen LogP contribution in [0.15, 0.2) is 30.3 Å². The molecule has 0 spiro atoms. The summed E-state index contributed by atoms with van der Waals surface area (Å²) in [5.41, 5.74) is 1.47. The first kappa shape index (κ1) is 15.8. The Morgan fingerprint density at radius 2 is 1.91 bits per heavy atom. The number of amides is 2. The lowest BCUT2D eigenvalue weighted by molar-refractivity contribution is -0.143. The number of urea groups is 1. The highest BCUT2D eigenvalue weighted by molar-refractivity contribution is 5.75. The molecule has 1 heterocycles. The largest absolute Gasteiger partial charge is 0.481 e. The standard InChI is InChI=1S/C18H24N2O3/c1-18(11-15(18)13-5-3-2-4-6-13)12-19-17(23)20-9-7-14(8-10-20)16(21)22/h2-6,14-15H,7-12H2,1H3,(H,19,23)(H,21,22)/t15-,18-/m0/s1. The highest BCUT2D eigenvalue weighted by Crippen LogP contribution is 2.58. The normalized spacial score (nSPS) is 27.5. The average Bonchev–Trinajstić information content (AvgIpc) is 3.26. The van der Waals surface area contributed by atoms with E-state index in [2.05, 4.69) is 36.5 Å². The van der Waals surface area contributed by atoms with Gasteiger partial charge >= 0.3 is 12.0 Å². The third-order valence-corrected chi connectivity index (χ3v) is 5.33. The Hall–Kier alpha value is -2.04. The maximum absolute atomic E-state index is 12.3. The smallest absolute Gasteiger partial charge is 0.317 e. The minimum Gasteiger partial charge on any atom is -0.481 e. The molecule has 1 aromatic rings. The molecule has 0 unspecified atom stereocenters. The van der Waals surface area contributed by atoms with Gasteiger partial charge in [-0.2, -0.15) is 0 Å². The molecular formula is C18H24N2O3. The van der Waals surface area contributed by atoms with Crippen LogP contribution in [0, 0.1) is 11.3 Å². The number of hydrogen-bond acceptors (Lipinski definition) is 2. The summed E-state index contributed by atoms with van der Waals surface area (Å²) in [5, 5.41) is 12.0. The molecule has 1 aliphatic carbocycles. The molecule has 2 N–H and O–H groups in total. The van der Waals surface area contributed by atoms with Crippen molar-refractivity contribution in [1.29, 1.82) is 0 Å². The van der Waals surface area contributed by atoms with Crippen LogP contribution in [-0.2, 0) is 4.79 Å². The number of nitrogens with one attached hydrogen (secondary N) is 1. The minimum absolute atomic E-state index is 0.0613. The number of carbonyl (C=O) groups excluding carboxylic acids is 1. The topological polar surface area (TPSA) is 69.6 Å². The molecule has 0 aromatic heterocycles. The van der Waals surface area contributed by atoms with Crippen molar-refractivity contribution in [2.45, 2.75) is 32.1 Å². The Morgan fingerprint density at radius 1 is 1.26 bits per heavy atom. The third kappa shape index (κ3) is 3.49. The van der Waals surface area contributed by atoms with E-state index >= 15 is 0 Å². The number of carbonyl (C=O) groups is 2. The summed E-state index contributed by atoms with van der Waals surface area (Å²) in [6.07, 6.45) is 2.19. The predicted molar refractivity (Wildman–Crippen MR) is 87.2 cm³/mol. The number of carboxylic acid groups (broad SMARTS) is 1. The molecule has 2 fully saturated rings. The van der Waals surface area contributed by atoms with Crippen LogP contribution in [-0.4, -0.2) is 41.6 Å². The zero-order chi connectivity index (χ0) is 16.4. The summed E-state index contributed by atoms with van der Waals surface area (Å²) in [5.74, 6) is -0.537. The Morgan fingerprint density at radius 3 is 2.52 bits per heavy atom. The number of rotatable bonds is 4. The van der Waals surface area contributed by atoms with E-state index in [1.54, 1.807) is 4.90 Å². The van der Waals surface area contributed by atoms with Crippen LogP contribution in [0.4, 0.5) is 4.79 Å². The number of hydrogen-bond donors (Lipinski definition) is 2. The Balaban J connectivity index is 1.46. The zero-order valence-electron chi connectivity index (χ0n) is 13.5. The fraction of sp³-hybridized carbons (Fsp3) is 0.556. The fourth-order valence-electron chi connectivity index (χ4n) is 3.53. The van der Waals surface area contributed by atoms with Crippen molar-refractivity contribution in [3.63, 3.8) is 0 Å². The molecule has 2 amide bonds. The van der Waals surface area contributed by atoms with Crippen molar-refractivity contribution in [2.75, 3.05) is 19.6 Å².